The Balaban J connectivity index is 2.16. The Morgan fingerprint density at radius 2 is 2.10 bits per heavy atom. The van der Waals surface area contributed by atoms with Gasteiger partial charge in [0.1, 0.15) is 0 Å². The Morgan fingerprint density at radius 3 is 2.65 bits per heavy atom. The van der Waals surface area contributed by atoms with E-state index in [9.17, 15) is 0 Å². The summed E-state index contributed by atoms with van der Waals surface area (Å²) >= 11 is 0. The monoisotopic (exact) mass is 275 g/mol. The summed E-state index contributed by atoms with van der Waals surface area (Å²) in [6, 6.07) is 0.304. The normalized spacial score (nSPS) is 12.8. The van der Waals surface area contributed by atoms with Gasteiger partial charge in [-0.15, -0.1) is 0 Å². The molecule has 5 heteroatoms. The number of rotatable bonds is 7. The van der Waals surface area contributed by atoms with Gasteiger partial charge in [0, 0.05) is 37.6 Å². The van der Waals surface area contributed by atoms with Crippen molar-refractivity contribution in [3.05, 3.63) is 35.4 Å². The van der Waals surface area contributed by atoms with Crippen LogP contribution in [0.5, 0.6) is 0 Å². The maximum atomic E-state index is 4.46. The molecule has 2 aromatic rings. The summed E-state index contributed by atoms with van der Waals surface area (Å²) in [7, 11) is 1.97. The largest absolute Gasteiger partial charge is 0.310 e. The second kappa shape index (κ2) is 6.70. The molecule has 1 atom stereocenters. The van der Waals surface area contributed by atoms with Crippen molar-refractivity contribution < 1.29 is 0 Å². The minimum absolute atomic E-state index is 0.304. The third-order valence-electron chi connectivity index (χ3n) is 3.52. The van der Waals surface area contributed by atoms with E-state index in [4.69, 9.17) is 0 Å². The molecule has 0 aromatic carbocycles. The van der Waals surface area contributed by atoms with Gasteiger partial charge in [0.15, 0.2) is 0 Å². The maximum absolute atomic E-state index is 4.46. The molecule has 0 spiro atoms. The molecular formula is C15H25N5. The van der Waals surface area contributed by atoms with Gasteiger partial charge in [-0.1, -0.05) is 6.92 Å². The lowest BCUT2D eigenvalue weighted by Crippen LogP contribution is -2.24. The number of hydrogen-bond acceptors (Lipinski definition) is 3. The van der Waals surface area contributed by atoms with E-state index in [-0.39, 0.29) is 0 Å². The first-order valence-corrected chi connectivity index (χ1v) is 7.38. The molecule has 0 aliphatic heterocycles. The highest BCUT2D eigenvalue weighted by Crippen LogP contribution is 2.21. The van der Waals surface area contributed by atoms with Crippen LogP contribution in [0.15, 0.2) is 18.6 Å². The van der Waals surface area contributed by atoms with Crippen molar-refractivity contribution in [1.82, 2.24) is 24.9 Å². The number of hydrogen-bond donors (Lipinski definition) is 1. The summed E-state index contributed by atoms with van der Waals surface area (Å²) in [5.74, 6) is 0. The van der Waals surface area contributed by atoms with E-state index < -0.39 is 0 Å². The van der Waals surface area contributed by atoms with E-state index in [2.05, 4.69) is 48.7 Å². The smallest absolute Gasteiger partial charge is 0.0641 e. The SMILES string of the molecule is CCCNC(Cc1cnn(CC)c1)c1cn(C)nc1C. The molecule has 0 bridgehead atoms. The van der Waals surface area contributed by atoms with Crippen molar-refractivity contribution in [2.24, 2.45) is 7.05 Å². The molecule has 0 amide bonds. The molecule has 1 N–H and O–H groups in total. The first-order valence-electron chi connectivity index (χ1n) is 7.38. The topological polar surface area (TPSA) is 47.7 Å². The van der Waals surface area contributed by atoms with Gasteiger partial charge in [0.2, 0.25) is 0 Å². The summed E-state index contributed by atoms with van der Waals surface area (Å²) in [5, 5.41) is 12.4. The fourth-order valence-electron chi connectivity index (χ4n) is 2.49. The molecule has 2 heterocycles. The number of nitrogens with zero attached hydrogens (tertiary/aromatic N) is 4. The number of aromatic nitrogens is 4. The van der Waals surface area contributed by atoms with Crippen LogP contribution in [-0.2, 0) is 20.0 Å². The minimum Gasteiger partial charge on any atom is -0.310 e. The van der Waals surface area contributed by atoms with Crippen LogP contribution in [0.25, 0.3) is 0 Å². The molecule has 20 heavy (non-hydrogen) atoms. The van der Waals surface area contributed by atoms with Crippen LogP contribution in [0.1, 0.15) is 43.1 Å². The lowest BCUT2D eigenvalue weighted by molar-refractivity contribution is 0.526. The van der Waals surface area contributed by atoms with Gasteiger partial charge in [-0.25, -0.2) is 0 Å². The Labute approximate surface area is 121 Å². The van der Waals surface area contributed by atoms with Gasteiger partial charge in [-0.05, 0) is 38.8 Å². The van der Waals surface area contributed by atoms with Crippen LogP contribution in [0.2, 0.25) is 0 Å². The Bertz CT molecular complexity index is 540. The first-order chi connectivity index (χ1) is 9.63. The molecule has 2 rings (SSSR count). The van der Waals surface area contributed by atoms with Gasteiger partial charge in [-0.3, -0.25) is 9.36 Å². The van der Waals surface area contributed by atoms with Crippen molar-refractivity contribution in [3.8, 4) is 0 Å². The first kappa shape index (κ1) is 14.8. The second-order valence-corrected chi connectivity index (χ2v) is 5.26. The number of aryl methyl sites for hydroxylation is 3. The minimum atomic E-state index is 0.304. The van der Waals surface area contributed by atoms with Gasteiger partial charge >= 0.3 is 0 Å². The second-order valence-electron chi connectivity index (χ2n) is 5.26. The fourth-order valence-corrected chi connectivity index (χ4v) is 2.49. The quantitative estimate of drug-likeness (QED) is 0.843. The van der Waals surface area contributed by atoms with Crippen molar-refractivity contribution in [1.29, 1.82) is 0 Å². The van der Waals surface area contributed by atoms with E-state index in [1.165, 1.54) is 11.1 Å². The predicted octanol–water partition coefficient (Wildman–Crippen LogP) is 2.23. The molecule has 0 saturated carbocycles. The molecule has 0 fully saturated rings. The Hall–Kier alpha value is -1.62. The predicted molar refractivity (Wildman–Crippen MR) is 80.6 cm³/mol. The van der Waals surface area contributed by atoms with Crippen LogP contribution >= 0.6 is 0 Å². The van der Waals surface area contributed by atoms with Gasteiger partial charge in [-0.2, -0.15) is 10.2 Å². The zero-order chi connectivity index (χ0) is 14.5. The summed E-state index contributed by atoms with van der Waals surface area (Å²) in [5.41, 5.74) is 3.65. The van der Waals surface area contributed by atoms with Crippen LogP contribution in [0.4, 0.5) is 0 Å². The van der Waals surface area contributed by atoms with Gasteiger partial charge in [0.25, 0.3) is 0 Å². The molecular weight excluding hydrogens is 250 g/mol. The van der Waals surface area contributed by atoms with Crippen molar-refractivity contribution >= 4 is 0 Å². The highest BCUT2D eigenvalue weighted by Gasteiger charge is 2.17. The summed E-state index contributed by atoms with van der Waals surface area (Å²) < 4.78 is 3.86. The van der Waals surface area contributed by atoms with E-state index in [0.29, 0.717) is 6.04 Å². The molecule has 0 aliphatic carbocycles. The summed E-state index contributed by atoms with van der Waals surface area (Å²) in [4.78, 5) is 0. The van der Waals surface area contributed by atoms with Crippen LogP contribution < -0.4 is 5.32 Å². The Morgan fingerprint density at radius 1 is 1.30 bits per heavy atom. The lowest BCUT2D eigenvalue weighted by atomic mass is 10.0. The van der Waals surface area contributed by atoms with Crippen molar-refractivity contribution in [2.45, 2.75) is 46.2 Å². The van der Waals surface area contributed by atoms with Gasteiger partial charge < -0.3 is 5.32 Å². The summed E-state index contributed by atoms with van der Waals surface area (Å²) in [6.07, 6.45) is 8.30. The van der Waals surface area contributed by atoms with Crippen LogP contribution in [0, 0.1) is 6.92 Å². The Kier molecular flexibility index (Phi) is 4.95. The highest BCUT2D eigenvalue weighted by molar-refractivity contribution is 5.23. The zero-order valence-corrected chi connectivity index (χ0v) is 12.9. The van der Waals surface area contributed by atoms with Crippen molar-refractivity contribution in [3.63, 3.8) is 0 Å². The van der Waals surface area contributed by atoms with Gasteiger partial charge in [0.05, 0.1) is 11.9 Å². The van der Waals surface area contributed by atoms with E-state index in [0.717, 1.165) is 31.6 Å². The number of nitrogens with one attached hydrogen (secondary N) is 1. The third-order valence-corrected chi connectivity index (χ3v) is 3.52. The molecule has 2 aromatic heterocycles. The molecule has 1 unspecified atom stereocenters. The lowest BCUT2D eigenvalue weighted by Gasteiger charge is -2.17. The van der Waals surface area contributed by atoms with E-state index >= 15 is 0 Å². The third kappa shape index (κ3) is 3.48. The van der Waals surface area contributed by atoms with E-state index in [1.54, 1.807) is 0 Å². The standard InChI is InChI=1S/C15H25N5/c1-5-7-16-15(14-11-19(4)18-12(14)3)8-13-9-17-20(6-2)10-13/h9-11,15-16H,5-8H2,1-4H3. The zero-order valence-electron chi connectivity index (χ0n) is 12.9. The average Bonchev–Trinajstić information content (AvgIpc) is 3.01. The molecule has 5 nitrogen and oxygen atoms in total. The fraction of sp³-hybridized carbons (Fsp3) is 0.600. The molecule has 0 aliphatic rings. The maximum Gasteiger partial charge on any atom is 0.0641 e. The highest BCUT2D eigenvalue weighted by atomic mass is 15.3. The molecule has 0 radical (unpaired) electrons. The average molecular weight is 275 g/mol. The van der Waals surface area contributed by atoms with Crippen LogP contribution in [-0.4, -0.2) is 26.1 Å². The molecule has 0 saturated heterocycles. The van der Waals surface area contributed by atoms with Crippen LogP contribution in [0.3, 0.4) is 0 Å². The van der Waals surface area contributed by atoms with Crippen molar-refractivity contribution in [2.75, 3.05) is 6.54 Å². The van der Waals surface area contributed by atoms with E-state index in [1.807, 2.05) is 22.6 Å². The molecule has 110 valence electrons. The summed E-state index contributed by atoms with van der Waals surface area (Å²) in [6.45, 7) is 8.30.